The van der Waals surface area contributed by atoms with E-state index in [4.69, 9.17) is 4.74 Å². The van der Waals surface area contributed by atoms with Crippen molar-refractivity contribution in [2.24, 2.45) is 0 Å². The summed E-state index contributed by atoms with van der Waals surface area (Å²) < 4.78 is 5.24. The fraction of sp³-hybridized carbons (Fsp3) is 0.500. The zero-order chi connectivity index (χ0) is 18.8. The maximum absolute atomic E-state index is 12.7. The molecule has 1 amide bonds. The molecule has 1 atom stereocenters. The Bertz CT molecular complexity index is 829. The summed E-state index contributed by atoms with van der Waals surface area (Å²) in [4.78, 5) is 28.6. The first-order valence-electron chi connectivity index (χ1n) is 9.55. The highest BCUT2D eigenvalue weighted by atomic mass is 32.1. The van der Waals surface area contributed by atoms with E-state index in [1.807, 2.05) is 0 Å². The van der Waals surface area contributed by atoms with Crippen molar-refractivity contribution < 1.29 is 14.3 Å². The highest BCUT2D eigenvalue weighted by Gasteiger charge is 2.31. The van der Waals surface area contributed by atoms with Crippen LogP contribution in [0.1, 0.15) is 58.6 Å². The van der Waals surface area contributed by atoms with E-state index >= 15 is 0 Å². The Balaban J connectivity index is 1.48. The third-order valence-electron chi connectivity index (χ3n) is 5.29. The van der Waals surface area contributed by atoms with Crippen molar-refractivity contribution in [2.75, 3.05) is 25.0 Å². The second-order valence-corrected chi connectivity index (χ2v) is 8.90. The van der Waals surface area contributed by atoms with Crippen molar-refractivity contribution in [1.82, 2.24) is 4.90 Å². The number of fused-ring (bicyclic) bond motifs is 1. The molecular formula is C20H24N2O3S2. The first kappa shape index (κ1) is 18.7. The molecule has 0 spiro atoms. The van der Waals surface area contributed by atoms with Crippen molar-refractivity contribution >= 4 is 39.6 Å². The molecule has 2 aromatic rings. The Kier molecular flexibility index (Phi) is 5.61. The lowest BCUT2D eigenvalue weighted by atomic mass is 10.1. The zero-order valence-electron chi connectivity index (χ0n) is 15.5. The fourth-order valence-corrected chi connectivity index (χ4v) is 6.12. The summed E-state index contributed by atoms with van der Waals surface area (Å²) in [5, 5.41) is 7.93. The van der Waals surface area contributed by atoms with Crippen molar-refractivity contribution in [3.63, 3.8) is 0 Å². The summed E-state index contributed by atoms with van der Waals surface area (Å²) >= 11 is 3.23. The van der Waals surface area contributed by atoms with Crippen LogP contribution >= 0.6 is 22.7 Å². The molecule has 0 bridgehead atoms. The van der Waals surface area contributed by atoms with Gasteiger partial charge in [0.15, 0.2) is 0 Å². The van der Waals surface area contributed by atoms with Crippen LogP contribution in [0.25, 0.3) is 0 Å². The standard InChI is InChI=1S/C20H24N2O3S2/c1-2-25-20(24)18-14-5-3-7-16(14)27-19(18)21-17(23)11-22-9-4-6-15(22)13-8-10-26-12-13/h8,10,12,15H,2-7,9,11H2,1H3,(H,21,23). The number of hydrogen-bond acceptors (Lipinski definition) is 6. The van der Waals surface area contributed by atoms with E-state index in [1.165, 1.54) is 21.8 Å². The number of esters is 1. The van der Waals surface area contributed by atoms with E-state index in [0.717, 1.165) is 44.2 Å². The predicted molar refractivity (Wildman–Crippen MR) is 109 cm³/mol. The molecule has 0 saturated carbocycles. The van der Waals surface area contributed by atoms with Gasteiger partial charge in [0.1, 0.15) is 5.00 Å². The Morgan fingerprint density at radius 2 is 2.22 bits per heavy atom. The highest BCUT2D eigenvalue weighted by molar-refractivity contribution is 7.17. The number of ether oxygens (including phenoxy) is 1. The van der Waals surface area contributed by atoms with E-state index in [9.17, 15) is 9.59 Å². The minimum absolute atomic E-state index is 0.0531. The summed E-state index contributed by atoms with van der Waals surface area (Å²) in [6.45, 7) is 3.43. The quantitative estimate of drug-likeness (QED) is 0.731. The van der Waals surface area contributed by atoms with Crippen LogP contribution in [0.3, 0.4) is 0 Å². The molecule has 1 unspecified atom stereocenters. The molecule has 144 valence electrons. The molecule has 1 aliphatic carbocycles. The molecule has 2 aromatic heterocycles. The van der Waals surface area contributed by atoms with Gasteiger partial charge in [0.05, 0.1) is 18.7 Å². The summed E-state index contributed by atoms with van der Waals surface area (Å²) in [5.74, 6) is -0.368. The molecule has 27 heavy (non-hydrogen) atoms. The number of amides is 1. The first-order valence-corrected chi connectivity index (χ1v) is 11.3. The number of carbonyl (C=O) groups excluding carboxylic acids is 2. The number of anilines is 1. The first-order chi connectivity index (χ1) is 13.2. The Morgan fingerprint density at radius 3 is 3.00 bits per heavy atom. The summed E-state index contributed by atoms with van der Waals surface area (Å²) in [6, 6.07) is 2.47. The Morgan fingerprint density at radius 1 is 1.33 bits per heavy atom. The lowest BCUT2D eigenvalue weighted by Crippen LogP contribution is -2.33. The van der Waals surface area contributed by atoms with Gasteiger partial charge in [0.25, 0.3) is 0 Å². The second kappa shape index (κ2) is 8.12. The van der Waals surface area contributed by atoms with Crippen LogP contribution in [0, 0.1) is 0 Å². The van der Waals surface area contributed by atoms with E-state index in [-0.39, 0.29) is 11.9 Å². The Labute approximate surface area is 167 Å². The van der Waals surface area contributed by atoms with Crippen LogP contribution in [0.15, 0.2) is 16.8 Å². The molecular weight excluding hydrogens is 380 g/mol. The van der Waals surface area contributed by atoms with Crippen molar-refractivity contribution in [1.29, 1.82) is 0 Å². The van der Waals surface area contributed by atoms with Gasteiger partial charge in [-0.05, 0) is 73.5 Å². The van der Waals surface area contributed by atoms with E-state index in [2.05, 4.69) is 27.0 Å². The van der Waals surface area contributed by atoms with Crippen LogP contribution in [-0.4, -0.2) is 36.5 Å². The highest BCUT2D eigenvalue weighted by Crippen LogP contribution is 2.40. The van der Waals surface area contributed by atoms with Gasteiger partial charge in [0, 0.05) is 10.9 Å². The molecule has 1 fully saturated rings. The summed E-state index contributed by atoms with van der Waals surface area (Å²) in [5.41, 5.74) is 2.96. The average molecular weight is 405 g/mol. The van der Waals surface area contributed by atoms with Gasteiger partial charge in [-0.1, -0.05) is 0 Å². The maximum atomic E-state index is 12.7. The third-order valence-corrected chi connectivity index (χ3v) is 7.20. The molecule has 5 nitrogen and oxygen atoms in total. The minimum atomic E-state index is -0.315. The fourth-order valence-electron chi connectivity index (χ4n) is 4.12. The smallest absolute Gasteiger partial charge is 0.341 e. The van der Waals surface area contributed by atoms with Gasteiger partial charge < -0.3 is 10.1 Å². The van der Waals surface area contributed by atoms with E-state index in [1.54, 1.807) is 18.3 Å². The molecule has 7 heteroatoms. The number of hydrogen-bond donors (Lipinski definition) is 1. The van der Waals surface area contributed by atoms with Crippen LogP contribution in [-0.2, 0) is 22.4 Å². The van der Waals surface area contributed by atoms with Crippen LogP contribution < -0.4 is 5.32 Å². The van der Waals surface area contributed by atoms with Crippen molar-refractivity contribution in [3.8, 4) is 0 Å². The maximum Gasteiger partial charge on any atom is 0.341 e. The molecule has 0 radical (unpaired) electrons. The molecule has 4 rings (SSSR count). The van der Waals surface area contributed by atoms with Crippen molar-refractivity contribution in [3.05, 3.63) is 38.4 Å². The van der Waals surface area contributed by atoms with Crippen LogP contribution in [0.5, 0.6) is 0 Å². The lowest BCUT2D eigenvalue weighted by Gasteiger charge is -2.23. The monoisotopic (exact) mass is 404 g/mol. The van der Waals surface area contributed by atoms with Crippen LogP contribution in [0.2, 0.25) is 0 Å². The zero-order valence-corrected chi connectivity index (χ0v) is 17.1. The normalized spacial score (nSPS) is 19.2. The second-order valence-electron chi connectivity index (χ2n) is 7.02. The number of likely N-dealkylation sites (tertiary alicyclic amines) is 1. The predicted octanol–water partition coefficient (Wildman–Crippen LogP) is 4.25. The van der Waals surface area contributed by atoms with Crippen LogP contribution in [0.4, 0.5) is 5.00 Å². The molecule has 3 heterocycles. The molecule has 1 N–H and O–H groups in total. The van der Waals surface area contributed by atoms with Gasteiger partial charge >= 0.3 is 5.97 Å². The molecule has 1 aliphatic heterocycles. The Hall–Kier alpha value is -1.70. The number of carbonyl (C=O) groups is 2. The van der Waals surface area contributed by atoms with Gasteiger partial charge in [-0.3, -0.25) is 9.69 Å². The van der Waals surface area contributed by atoms with Gasteiger partial charge in [-0.2, -0.15) is 11.3 Å². The summed E-state index contributed by atoms with van der Waals surface area (Å²) in [7, 11) is 0. The van der Waals surface area contributed by atoms with Gasteiger partial charge in [0.2, 0.25) is 5.91 Å². The van der Waals surface area contributed by atoms with Crippen molar-refractivity contribution in [2.45, 2.75) is 45.1 Å². The molecule has 2 aliphatic rings. The lowest BCUT2D eigenvalue weighted by molar-refractivity contribution is -0.117. The number of rotatable bonds is 6. The summed E-state index contributed by atoms with van der Waals surface area (Å²) in [6.07, 6.45) is 5.13. The number of thiophene rings is 2. The number of nitrogens with one attached hydrogen (secondary N) is 1. The van der Waals surface area contributed by atoms with Gasteiger partial charge in [-0.15, -0.1) is 11.3 Å². The molecule has 0 aromatic carbocycles. The molecule has 1 saturated heterocycles. The number of nitrogens with zero attached hydrogens (tertiary/aromatic N) is 1. The SMILES string of the molecule is CCOC(=O)c1c(NC(=O)CN2CCCC2c2ccsc2)sc2c1CCC2. The topological polar surface area (TPSA) is 58.6 Å². The largest absolute Gasteiger partial charge is 0.462 e. The van der Waals surface area contributed by atoms with E-state index in [0.29, 0.717) is 29.8 Å². The average Bonchev–Trinajstić information content (AvgIpc) is 3.39. The minimum Gasteiger partial charge on any atom is -0.462 e. The third kappa shape index (κ3) is 3.81. The van der Waals surface area contributed by atoms with E-state index < -0.39 is 0 Å². The van der Waals surface area contributed by atoms with Gasteiger partial charge in [-0.25, -0.2) is 4.79 Å². The number of aryl methyl sites for hydroxylation is 1.